The molecule has 10 heteroatoms. The second kappa shape index (κ2) is 13.3. The summed E-state index contributed by atoms with van der Waals surface area (Å²) in [5.74, 6) is 0.185. The summed E-state index contributed by atoms with van der Waals surface area (Å²) < 4.78 is 2.53. The Morgan fingerprint density at radius 2 is 1.86 bits per heavy atom. The molecule has 0 spiro atoms. The normalized spacial score (nSPS) is 14.4. The van der Waals surface area contributed by atoms with E-state index in [0.29, 0.717) is 35.2 Å². The zero-order valence-corrected chi connectivity index (χ0v) is 25.3. The number of hydrogen-bond donors (Lipinski definition) is 1. The van der Waals surface area contributed by atoms with Crippen molar-refractivity contribution in [2.24, 2.45) is 0 Å². The van der Waals surface area contributed by atoms with Crippen molar-refractivity contribution >= 4 is 17.6 Å². The third-order valence-electron chi connectivity index (χ3n) is 8.34. The molecule has 0 bridgehead atoms. The fourth-order valence-electron chi connectivity index (χ4n) is 6.08. The molecule has 1 unspecified atom stereocenters. The van der Waals surface area contributed by atoms with E-state index in [-0.39, 0.29) is 11.9 Å². The molecule has 3 heterocycles. The van der Waals surface area contributed by atoms with Crippen molar-refractivity contribution in [3.8, 4) is 16.8 Å². The first-order chi connectivity index (χ1) is 21.5. The Kier molecular flexibility index (Phi) is 8.84. The molecule has 1 saturated heterocycles. The Bertz CT molecular complexity index is 1720. The SMILES string of the molecule is CCNC(=O)N1CCC(c2cccc(C(Cc3ccccc3)c3ccc(-c4cc(Cl)ccc4-n4cnnn4)c[n+]3[O-])c2)CC1. The number of aromatic nitrogens is 5. The molecule has 5 aromatic rings. The van der Waals surface area contributed by atoms with Gasteiger partial charge in [-0.05, 0) is 83.5 Å². The summed E-state index contributed by atoms with van der Waals surface area (Å²) in [6.45, 7) is 4.02. The number of rotatable bonds is 8. The molecule has 224 valence electrons. The van der Waals surface area contributed by atoms with Crippen LogP contribution in [0.2, 0.25) is 5.02 Å². The number of benzene rings is 3. The van der Waals surface area contributed by atoms with Gasteiger partial charge in [0.1, 0.15) is 6.33 Å². The van der Waals surface area contributed by atoms with Gasteiger partial charge in [-0.2, -0.15) is 9.41 Å². The highest BCUT2D eigenvalue weighted by Crippen LogP contribution is 2.34. The van der Waals surface area contributed by atoms with Gasteiger partial charge in [0.2, 0.25) is 5.69 Å². The molecule has 1 atom stereocenters. The molecule has 0 aliphatic carbocycles. The molecule has 1 aliphatic heterocycles. The van der Waals surface area contributed by atoms with Crippen molar-refractivity contribution in [1.82, 2.24) is 30.4 Å². The van der Waals surface area contributed by atoms with Gasteiger partial charge in [-0.15, -0.1) is 5.10 Å². The largest absolute Gasteiger partial charge is 0.618 e. The lowest BCUT2D eigenvalue weighted by molar-refractivity contribution is -0.614. The minimum Gasteiger partial charge on any atom is -0.618 e. The number of amides is 2. The van der Waals surface area contributed by atoms with E-state index in [1.54, 1.807) is 16.9 Å². The predicted octanol–water partition coefficient (Wildman–Crippen LogP) is 5.90. The standard InChI is InChI=1S/C34H34ClN7O2/c1-2-36-34(43)40-17-15-25(16-18-40)26-9-6-10-27(20-26)30(19-24-7-4-3-5-8-24)33-13-11-28(22-42(33)44)31-21-29(35)12-14-32(31)41-23-37-38-39-41/h3-14,20-23,25,30H,2,15-19H2,1H3,(H,36,43). The summed E-state index contributed by atoms with van der Waals surface area (Å²) in [5, 5.41) is 28.8. The Morgan fingerprint density at radius 3 is 2.59 bits per heavy atom. The third-order valence-corrected chi connectivity index (χ3v) is 8.58. The highest BCUT2D eigenvalue weighted by Gasteiger charge is 2.27. The maximum absolute atomic E-state index is 13.8. The lowest BCUT2D eigenvalue weighted by atomic mass is 9.84. The number of carbonyl (C=O) groups excluding carboxylic acids is 1. The lowest BCUT2D eigenvalue weighted by Crippen LogP contribution is -2.44. The highest BCUT2D eigenvalue weighted by atomic mass is 35.5. The van der Waals surface area contributed by atoms with Gasteiger partial charge in [0, 0.05) is 41.9 Å². The zero-order chi connectivity index (χ0) is 30.5. The van der Waals surface area contributed by atoms with Gasteiger partial charge in [0.15, 0.2) is 6.20 Å². The van der Waals surface area contributed by atoms with Gasteiger partial charge >= 0.3 is 6.03 Å². The molecule has 1 fully saturated rings. The minimum atomic E-state index is -0.169. The smallest absolute Gasteiger partial charge is 0.317 e. The van der Waals surface area contributed by atoms with Gasteiger partial charge in [-0.3, -0.25) is 0 Å². The number of carbonyl (C=O) groups is 1. The maximum Gasteiger partial charge on any atom is 0.317 e. The van der Waals surface area contributed by atoms with E-state index in [1.807, 2.05) is 54.3 Å². The van der Waals surface area contributed by atoms with Gasteiger partial charge in [0.25, 0.3) is 0 Å². The zero-order valence-electron chi connectivity index (χ0n) is 24.5. The summed E-state index contributed by atoms with van der Waals surface area (Å²) in [6.07, 6.45) is 5.61. The van der Waals surface area contributed by atoms with Crippen LogP contribution in [0.4, 0.5) is 4.79 Å². The Balaban J connectivity index is 1.33. The summed E-state index contributed by atoms with van der Waals surface area (Å²) in [7, 11) is 0. The quantitative estimate of drug-likeness (QED) is 0.175. The van der Waals surface area contributed by atoms with Crippen LogP contribution in [0.1, 0.15) is 54.0 Å². The molecule has 0 saturated carbocycles. The van der Waals surface area contributed by atoms with E-state index in [0.717, 1.165) is 53.0 Å². The average Bonchev–Trinajstić information content (AvgIpc) is 3.60. The number of nitrogens with one attached hydrogen (secondary N) is 1. The van der Waals surface area contributed by atoms with Crippen LogP contribution in [0.15, 0.2) is 97.5 Å². The average molecular weight is 608 g/mol. The van der Waals surface area contributed by atoms with E-state index < -0.39 is 0 Å². The maximum atomic E-state index is 13.8. The van der Waals surface area contributed by atoms with Crippen LogP contribution in [-0.4, -0.2) is 50.8 Å². The molecule has 6 rings (SSSR count). The Labute approximate surface area is 261 Å². The van der Waals surface area contributed by atoms with Crippen molar-refractivity contribution in [3.05, 3.63) is 130 Å². The molecular weight excluding hydrogens is 574 g/mol. The van der Waals surface area contributed by atoms with Crippen molar-refractivity contribution in [1.29, 1.82) is 0 Å². The minimum absolute atomic E-state index is 0.00826. The van der Waals surface area contributed by atoms with Crippen LogP contribution < -0.4 is 10.0 Å². The summed E-state index contributed by atoms with van der Waals surface area (Å²) in [5.41, 5.74) is 6.33. The molecule has 1 aliphatic rings. The molecule has 2 amide bonds. The van der Waals surface area contributed by atoms with Crippen LogP contribution in [0.5, 0.6) is 0 Å². The van der Waals surface area contributed by atoms with Gasteiger partial charge < -0.3 is 15.4 Å². The Hall–Kier alpha value is -4.76. The summed E-state index contributed by atoms with van der Waals surface area (Å²) in [4.78, 5) is 14.2. The molecule has 9 nitrogen and oxygen atoms in total. The molecule has 44 heavy (non-hydrogen) atoms. The number of nitrogens with zero attached hydrogens (tertiary/aromatic N) is 6. The molecular formula is C34H34ClN7O2. The van der Waals surface area contributed by atoms with Crippen LogP contribution in [0, 0.1) is 5.21 Å². The highest BCUT2D eigenvalue weighted by molar-refractivity contribution is 6.31. The molecule has 0 radical (unpaired) electrons. The third kappa shape index (κ3) is 6.43. The van der Waals surface area contributed by atoms with Crippen LogP contribution >= 0.6 is 11.6 Å². The van der Waals surface area contributed by atoms with Crippen molar-refractivity contribution in [2.45, 2.75) is 38.0 Å². The van der Waals surface area contributed by atoms with Crippen LogP contribution in [0.3, 0.4) is 0 Å². The van der Waals surface area contributed by atoms with E-state index in [1.165, 1.54) is 11.9 Å². The lowest BCUT2D eigenvalue weighted by Gasteiger charge is -2.32. The fourth-order valence-corrected chi connectivity index (χ4v) is 6.26. The topological polar surface area (TPSA) is 103 Å². The first-order valence-corrected chi connectivity index (χ1v) is 15.3. The number of tetrazole rings is 1. The fraction of sp³-hybridized carbons (Fsp3) is 0.265. The number of halogens is 1. The van der Waals surface area contributed by atoms with Gasteiger partial charge in [0.05, 0.1) is 11.6 Å². The van der Waals surface area contributed by atoms with E-state index in [2.05, 4.69) is 57.2 Å². The Morgan fingerprint density at radius 1 is 1.05 bits per heavy atom. The molecule has 1 N–H and O–H groups in total. The second-order valence-electron chi connectivity index (χ2n) is 11.1. The number of piperidine rings is 1. The number of likely N-dealkylation sites (tertiary alicyclic amines) is 1. The van der Waals surface area contributed by atoms with Gasteiger partial charge in [-0.25, -0.2) is 4.79 Å². The van der Waals surface area contributed by atoms with Gasteiger partial charge in [-0.1, -0.05) is 66.2 Å². The molecule has 3 aromatic carbocycles. The van der Waals surface area contributed by atoms with E-state index >= 15 is 0 Å². The van der Waals surface area contributed by atoms with Crippen LogP contribution in [0.25, 0.3) is 16.8 Å². The molecule has 2 aromatic heterocycles. The van der Waals surface area contributed by atoms with E-state index in [9.17, 15) is 10.0 Å². The first kappa shape index (κ1) is 29.3. The van der Waals surface area contributed by atoms with Crippen molar-refractivity contribution in [3.63, 3.8) is 0 Å². The van der Waals surface area contributed by atoms with Crippen LogP contribution in [-0.2, 0) is 6.42 Å². The van der Waals surface area contributed by atoms with Crippen molar-refractivity contribution < 1.29 is 9.52 Å². The van der Waals surface area contributed by atoms with Crippen molar-refractivity contribution in [2.75, 3.05) is 19.6 Å². The summed E-state index contributed by atoms with van der Waals surface area (Å²) >= 11 is 6.37. The number of hydrogen-bond acceptors (Lipinski definition) is 5. The monoisotopic (exact) mass is 607 g/mol. The van der Waals surface area contributed by atoms with E-state index in [4.69, 9.17) is 11.6 Å². The predicted molar refractivity (Wildman–Crippen MR) is 170 cm³/mol. The summed E-state index contributed by atoms with van der Waals surface area (Å²) in [6, 6.07) is 28.2. The second-order valence-corrected chi connectivity index (χ2v) is 11.5. The first-order valence-electron chi connectivity index (χ1n) is 14.9. The number of urea groups is 1. The number of pyridine rings is 1.